The summed E-state index contributed by atoms with van der Waals surface area (Å²) in [5.41, 5.74) is 4.86. The van der Waals surface area contributed by atoms with Crippen molar-refractivity contribution in [1.29, 1.82) is 0 Å². The van der Waals surface area contributed by atoms with Crippen LogP contribution >= 0.6 is 23.2 Å². The molecule has 1 aliphatic heterocycles. The van der Waals surface area contributed by atoms with Gasteiger partial charge in [0, 0.05) is 42.9 Å². The van der Waals surface area contributed by atoms with E-state index in [1.807, 2.05) is 36.9 Å². The van der Waals surface area contributed by atoms with Crippen molar-refractivity contribution in [2.75, 3.05) is 18.0 Å². The maximum absolute atomic E-state index is 6.46. The van der Waals surface area contributed by atoms with Crippen molar-refractivity contribution in [2.24, 2.45) is 5.41 Å². The van der Waals surface area contributed by atoms with Gasteiger partial charge >= 0.3 is 0 Å². The van der Waals surface area contributed by atoms with Gasteiger partial charge < -0.3 is 4.90 Å². The van der Waals surface area contributed by atoms with Gasteiger partial charge in [0.15, 0.2) is 5.82 Å². The number of nitrogens with zero attached hydrogens (tertiary/aromatic N) is 5. The third-order valence-electron chi connectivity index (χ3n) is 6.85. The number of piperidine rings is 1. The second-order valence-electron chi connectivity index (χ2n) is 8.64. The van der Waals surface area contributed by atoms with E-state index in [0.29, 0.717) is 15.5 Å². The molecule has 1 aromatic carbocycles. The van der Waals surface area contributed by atoms with Gasteiger partial charge in [-0.25, -0.2) is 9.97 Å². The number of hydrogen-bond acceptors (Lipinski definition) is 4. The highest BCUT2D eigenvalue weighted by Crippen LogP contribution is 2.44. The lowest BCUT2D eigenvalue weighted by Crippen LogP contribution is -2.41. The maximum atomic E-state index is 6.46. The molecule has 156 valence electrons. The number of fused-ring (bicyclic) bond motifs is 2. The molecule has 5 nitrogen and oxygen atoms in total. The molecule has 31 heavy (non-hydrogen) atoms. The molecule has 1 spiro atoms. The largest absolute Gasteiger partial charge is 0.355 e. The van der Waals surface area contributed by atoms with Gasteiger partial charge in [0.1, 0.15) is 11.3 Å². The quantitative estimate of drug-likeness (QED) is 0.406. The normalized spacial score (nSPS) is 17.4. The number of pyridine rings is 1. The number of halogens is 2. The van der Waals surface area contributed by atoms with Gasteiger partial charge in [-0.1, -0.05) is 35.3 Å². The van der Waals surface area contributed by atoms with Crippen molar-refractivity contribution in [3.8, 4) is 11.4 Å². The van der Waals surface area contributed by atoms with E-state index >= 15 is 0 Å². The Morgan fingerprint density at radius 3 is 2.61 bits per heavy atom. The number of anilines is 1. The van der Waals surface area contributed by atoms with Gasteiger partial charge in [0.2, 0.25) is 0 Å². The Morgan fingerprint density at radius 2 is 1.77 bits per heavy atom. The maximum Gasteiger partial charge on any atom is 0.154 e. The van der Waals surface area contributed by atoms with Crippen LogP contribution < -0.4 is 4.90 Å². The second kappa shape index (κ2) is 7.21. The summed E-state index contributed by atoms with van der Waals surface area (Å²) in [6, 6.07) is 9.92. The molecule has 4 heterocycles. The topological polar surface area (TPSA) is 46.3 Å². The predicted molar refractivity (Wildman–Crippen MR) is 124 cm³/mol. The highest BCUT2D eigenvalue weighted by molar-refractivity contribution is 6.43. The zero-order chi connectivity index (χ0) is 21.0. The number of rotatable bonds is 2. The fourth-order valence-electron chi connectivity index (χ4n) is 5.19. The minimum atomic E-state index is 0.345. The molecule has 0 radical (unpaired) electrons. The van der Waals surface area contributed by atoms with Crippen molar-refractivity contribution in [3.63, 3.8) is 0 Å². The molecule has 0 unspecified atom stereocenters. The molecule has 7 heteroatoms. The van der Waals surface area contributed by atoms with Gasteiger partial charge in [0.05, 0.1) is 16.2 Å². The van der Waals surface area contributed by atoms with Crippen LogP contribution in [0.4, 0.5) is 5.82 Å². The molecule has 2 aliphatic rings. The summed E-state index contributed by atoms with van der Waals surface area (Å²) in [4.78, 5) is 16.4. The van der Waals surface area contributed by atoms with Gasteiger partial charge in [-0.3, -0.25) is 9.38 Å². The predicted octanol–water partition coefficient (Wildman–Crippen LogP) is 5.48. The SMILES string of the molecule is Clc1cccc(-c2ncc3c(N4CCC5(CC4)Cc4cccnc4C5)nccn23)c1Cl. The van der Waals surface area contributed by atoms with E-state index in [9.17, 15) is 0 Å². The van der Waals surface area contributed by atoms with Crippen LogP contribution in [0.15, 0.2) is 55.1 Å². The van der Waals surface area contributed by atoms with Crippen molar-refractivity contribution in [2.45, 2.75) is 25.7 Å². The minimum absolute atomic E-state index is 0.345. The van der Waals surface area contributed by atoms with Crippen LogP contribution in [0.3, 0.4) is 0 Å². The van der Waals surface area contributed by atoms with E-state index in [4.69, 9.17) is 28.2 Å². The standard InChI is InChI=1S/C24H21Cl2N5/c25-18-5-1-4-17(21(18)26)22-29-15-20-23(28-9-12-31(20)22)30-10-6-24(7-11-30)13-16-3-2-8-27-19(16)14-24/h1-5,8-9,12,15H,6-7,10-11,13-14H2. The fraction of sp³-hybridized carbons (Fsp3) is 0.292. The van der Waals surface area contributed by atoms with Crippen LogP contribution in [0.5, 0.6) is 0 Å². The molecule has 6 rings (SSSR count). The van der Waals surface area contributed by atoms with Crippen molar-refractivity contribution in [1.82, 2.24) is 19.4 Å². The molecule has 0 bridgehead atoms. The average Bonchev–Trinajstić information content (AvgIpc) is 3.37. The first-order valence-electron chi connectivity index (χ1n) is 10.6. The third kappa shape index (κ3) is 3.10. The molecule has 1 aliphatic carbocycles. The lowest BCUT2D eigenvalue weighted by atomic mass is 9.76. The van der Waals surface area contributed by atoms with Gasteiger partial charge in [-0.15, -0.1) is 0 Å². The van der Waals surface area contributed by atoms with Crippen LogP contribution in [0.2, 0.25) is 10.0 Å². The fourth-order valence-corrected chi connectivity index (χ4v) is 5.58. The zero-order valence-electron chi connectivity index (χ0n) is 16.9. The second-order valence-corrected chi connectivity index (χ2v) is 9.42. The zero-order valence-corrected chi connectivity index (χ0v) is 18.4. The lowest BCUT2D eigenvalue weighted by molar-refractivity contribution is 0.231. The lowest BCUT2D eigenvalue weighted by Gasteiger charge is -2.39. The van der Waals surface area contributed by atoms with Gasteiger partial charge in [0.25, 0.3) is 0 Å². The summed E-state index contributed by atoms with van der Waals surface area (Å²) in [5, 5.41) is 1.04. The number of benzene rings is 1. The van der Waals surface area contributed by atoms with E-state index in [1.54, 1.807) is 6.07 Å². The Labute approximate surface area is 190 Å². The Balaban J connectivity index is 1.29. The summed E-state index contributed by atoms with van der Waals surface area (Å²) >= 11 is 12.7. The number of imidazole rings is 1. The van der Waals surface area contributed by atoms with Crippen LogP contribution in [0, 0.1) is 5.41 Å². The van der Waals surface area contributed by atoms with E-state index < -0.39 is 0 Å². The summed E-state index contributed by atoms with van der Waals surface area (Å²) in [6.45, 7) is 1.97. The Kier molecular flexibility index (Phi) is 4.44. The monoisotopic (exact) mass is 449 g/mol. The number of aromatic nitrogens is 4. The Morgan fingerprint density at radius 1 is 0.903 bits per heavy atom. The highest BCUT2D eigenvalue weighted by atomic mass is 35.5. The molecule has 4 aromatic rings. The molecule has 0 saturated carbocycles. The summed E-state index contributed by atoms with van der Waals surface area (Å²) in [6.07, 6.45) is 12.1. The molecular weight excluding hydrogens is 429 g/mol. The first-order valence-corrected chi connectivity index (χ1v) is 11.3. The third-order valence-corrected chi connectivity index (χ3v) is 7.67. The van der Waals surface area contributed by atoms with Crippen LogP contribution in [0.1, 0.15) is 24.1 Å². The van der Waals surface area contributed by atoms with Crippen molar-refractivity contribution >= 4 is 34.5 Å². The Hall–Kier alpha value is -2.63. The first kappa shape index (κ1) is 19.1. The molecule has 0 N–H and O–H groups in total. The van der Waals surface area contributed by atoms with Crippen molar-refractivity contribution < 1.29 is 0 Å². The van der Waals surface area contributed by atoms with E-state index in [1.165, 1.54) is 11.3 Å². The van der Waals surface area contributed by atoms with Crippen LogP contribution in [0.25, 0.3) is 16.9 Å². The van der Waals surface area contributed by atoms with E-state index in [0.717, 1.165) is 61.5 Å². The minimum Gasteiger partial charge on any atom is -0.355 e. The molecule has 3 aromatic heterocycles. The average molecular weight is 450 g/mol. The van der Waals surface area contributed by atoms with Crippen LogP contribution in [-0.4, -0.2) is 32.4 Å². The molecule has 0 atom stereocenters. The van der Waals surface area contributed by atoms with Gasteiger partial charge in [-0.2, -0.15) is 0 Å². The smallest absolute Gasteiger partial charge is 0.154 e. The summed E-state index contributed by atoms with van der Waals surface area (Å²) in [5.74, 6) is 1.75. The highest BCUT2D eigenvalue weighted by Gasteiger charge is 2.40. The Bertz CT molecular complexity index is 1260. The molecular formula is C24H21Cl2N5. The molecule has 0 amide bonds. The molecule has 1 fully saturated rings. The van der Waals surface area contributed by atoms with E-state index in [-0.39, 0.29) is 0 Å². The molecule has 1 saturated heterocycles. The number of hydrogen-bond donors (Lipinski definition) is 0. The van der Waals surface area contributed by atoms with Crippen molar-refractivity contribution in [3.05, 3.63) is 76.4 Å². The first-order chi connectivity index (χ1) is 15.1. The summed E-state index contributed by atoms with van der Waals surface area (Å²) in [7, 11) is 0. The van der Waals surface area contributed by atoms with Gasteiger partial charge in [-0.05, 0) is 54.9 Å². The van der Waals surface area contributed by atoms with E-state index in [2.05, 4.69) is 31.4 Å². The van der Waals surface area contributed by atoms with Crippen LogP contribution in [-0.2, 0) is 12.8 Å². The summed E-state index contributed by atoms with van der Waals surface area (Å²) < 4.78 is 2.06.